The molecule has 2 aromatic heterocycles. The van der Waals surface area contributed by atoms with Gasteiger partial charge in [0.1, 0.15) is 21.2 Å². The Morgan fingerprint density at radius 2 is 1.62 bits per heavy atom. The lowest BCUT2D eigenvalue weighted by Crippen LogP contribution is -2.12. The molecule has 48 heavy (non-hydrogen) atoms. The van der Waals surface area contributed by atoms with Crippen LogP contribution in [0.4, 0.5) is 11.4 Å². The summed E-state index contributed by atoms with van der Waals surface area (Å²) in [5.41, 5.74) is 13.4. The molecular formula is C40H35N3O4S. The number of aromatic nitrogens is 1. The molecule has 0 aliphatic heterocycles. The largest absolute Gasteiger partial charge is 0.497 e. The Hall–Kier alpha value is -5.73. The molecule has 0 aliphatic rings. The number of hydrogen-bond acceptors (Lipinski definition) is 7. The number of rotatable bonds is 10. The summed E-state index contributed by atoms with van der Waals surface area (Å²) in [5, 5.41) is 3.59. The molecule has 7 nitrogen and oxygen atoms in total. The van der Waals surface area contributed by atoms with Crippen LogP contribution < -0.4 is 20.5 Å². The summed E-state index contributed by atoms with van der Waals surface area (Å²) in [6, 6.07) is 32.4. The van der Waals surface area contributed by atoms with E-state index in [0.717, 1.165) is 27.9 Å². The molecule has 3 N–H and O–H groups in total. The van der Waals surface area contributed by atoms with Gasteiger partial charge in [-0.25, -0.2) is 4.98 Å². The molecule has 0 radical (unpaired) electrons. The zero-order valence-corrected chi connectivity index (χ0v) is 27.9. The standard InChI is InChI=1S/C40H35N3O4S/c1-24(2)26-16-13-25(14-17-26)15-20-34(44)28-11-8-12-29(21-28)42-39(45)38-37(41)36-32(31-19-18-30(46-3)22-35(31)47-4)23-33(43-40(36)48-38)27-9-6-5-7-10-27/h5-24H,41H2,1-4H3,(H,42,45)/b20-15+. The lowest BCUT2D eigenvalue weighted by Gasteiger charge is -2.13. The number of anilines is 2. The third-order valence-electron chi connectivity index (χ3n) is 8.11. The first-order valence-electron chi connectivity index (χ1n) is 15.5. The van der Waals surface area contributed by atoms with Crippen LogP contribution in [0.2, 0.25) is 0 Å². The molecule has 6 aromatic rings. The lowest BCUT2D eigenvalue weighted by molar-refractivity contribution is 0.102. The quantitative estimate of drug-likeness (QED) is 0.113. The third-order valence-corrected chi connectivity index (χ3v) is 9.21. The van der Waals surface area contributed by atoms with Gasteiger partial charge in [0.05, 0.1) is 25.6 Å². The van der Waals surface area contributed by atoms with E-state index < -0.39 is 5.91 Å². The van der Waals surface area contributed by atoms with Gasteiger partial charge in [-0.2, -0.15) is 0 Å². The van der Waals surface area contributed by atoms with Gasteiger partial charge in [-0.15, -0.1) is 11.3 Å². The minimum absolute atomic E-state index is 0.170. The molecule has 4 aromatic carbocycles. The zero-order valence-electron chi connectivity index (χ0n) is 27.1. The van der Waals surface area contributed by atoms with E-state index in [1.54, 1.807) is 50.6 Å². The number of ether oxygens (including phenoxy) is 2. The Morgan fingerprint density at radius 3 is 2.33 bits per heavy atom. The van der Waals surface area contributed by atoms with Crippen molar-refractivity contribution in [3.8, 4) is 33.9 Å². The van der Waals surface area contributed by atoms with Gasteiger partial charge < -0.3 is 20.5 Å². The topological polar surface area (TPSA) is 104 Å². The number of pyridine rings is 1. The Labute approximate surface area is 283 Å². The summed E-state index contributed by atoms with van der Waals surface area (Å²) in [4.78, 5) is 32.6. The molecule has 0 spiro atoms. The molecule has 1 amide bonds. The number of nitrogen functional groups attached to an aromatic ring is 1. The van der Waals surface area contributed by atoms with Crippen LogP contribution in [0.1, 0.15) is 50.9 Å². The van der Waals surface area contributed by atoms with Crippen molar-refractivity contribution in [2.24, 2.45) is 0 Å². The summed E-state index contributed by atoms with van der Waals surface area (Å²) in [6.45, 7) is 4.29. The fourth-order valence-corrected chi connectivity index (χ4v) is 6.49. The van der Waals surface area contributed by atoms with Gasteiger partial charge in [0.15, 0.2) is 5.78 Å². The summed E-state index contributed by atoms with van der Waals surface area (Å²) in [6.07, 6.45) is 3.34. The number of benzene rings is 4. The van der Waals surface area contributed by atoms with Gasteiger partial charge in [0, 0.05) is 33.8 Å². The molecule has 0 bridgehead atoms. The summed E-state index contributed by atoms with van der Waals surface area (Å²) in [5.74, 6) is 1.12. The van der Waals surface area contributed by atoms with Gasteiger partial charge in [-0.1, -0.05) is 86.7 Å². The Bertz CT molecular complexity index is 2150. The number of methoxy groups -OCH3 is 2. The molecule has 2 heterocycles. The lowest BCUT2D eigenvalue weighted by atomic mass is 9.98. The predicted octanol–water partition coefficient (Wildman–Crippen LogP) is 9.50. The second-order valence-corrected chi connectivity index (χ2v) is 12.6. The van der Waals surface area contributed by atoms with E-state index in [9.17, 15) is 9.59 Å². The van der Waals surface area contributed by atoms with Gasteiger partial charge in [-0.05, 0) is 59.0 Å². The number of nitrogens with one attached hydrogen (secondary N) is 1. The Balaban J connectivity index is 1.33. The number of hydrogen-bond donors (Lipinski definition) is 2. The van der Waals surface area contributed by atoms with Crippen molar-refractivity contribution in [2.45, 2.75) is 19.8 Å². The van der Waals surface area contributed by atoms with Gasteiger partial charge in [-0.3, -0.25) is 9.59 Å². The monoisotopic (exact) mass is 653 g/mol. The van der Waals surface area contributed by atoms with Crippen molar-refractivity contribution in [2.75, 3.05) is 25.3 Å². The first-order valence-corrected chi connectivity index (χ1v) is 16.3. The van der Waals surface area contributed by atoms with Crippen molar-refractivity contribution >= 4 is 50.7 Å². The maximum absolute atomic E-state index is 13.7. The van der Waals surface area contributed by atoms with E-state index in [0.29, 0.717) is 49.4 Å². The molecule has 0 aliphatic carbocycles. The second-order valence-electron chi connectivity index (χ2n) is 11.6. The number of carbonyl (C=O) groups excluding carboxylic acids is 2. The summed E-state index contributed by atoms with van der Waals surface area (Å²) >= 11 is 1.22. The molecule has 0 saturated carbocycles. The molecular weight excluding hydrogens is 619 g/mol. The van der Waals surface area contributed by atoms with Gasteiger partial charge in [0.2, 0.25) is 0 Å². The Morgan fingerprint density at radius 1 is 0.854 bits per heavy atom. The molecule has 0 atom stereocenters. The van der Waals surface area contributed by atoms with E-state index in [1.165, 1.54) is 16.9 Å². The van der Waals surface area contributed by atoms with Crippen molar-refractivity contribution in [3.05, 3.63) is 131 Å². The fourth-order valence-electron chi connectivity index (χ4n) is 5.48. The van der Waals surface area contributed by atoms with Crippen LogP contribution in [0.3, 0.4) is 0 Å². The fraction of sp³-hybridized carbons (Fsp3) is 0.125. The highest BCUT2D eigenvalue weighted by Crippen LogP contribution is 2.44. The average Bonchev–Trinajstić information content (AvgIpc) is 3.46. The average molecular weight is 654 g/mol. The Kier molecular flexibility index (Phi) is 9.36. The number of ketones is 1. The molecule has 240 valence electrons. The van der Waals surface area contributed by atoms with Crippen molar-refractivity contribution in [1.82, 2.24) is 4.98 Å². The van der Waals surface area contributed by atoms with Crippen LogP contribution in [0.25, 0.3) is 38.7 Å². The molecule has 0 saturated heterocycles. The van der Waals surface area contributed by atoms with Crippen LogP contribution in [-0.4, -0.2) is 30.9 Å². The zero-order chi connectivity index (χ0) is 33.8. The second kappa shape index (κ2) is 13.9. The number of amides is 1. The number of fused-ring (bicyclic) bond motifs is 1. The number of nitrogens with two attached hydrogens (primary N) is 1. The van der Waals surface area contributed by atoms with E-state index in [1.807, 2.05) is 66.7 Å². The highest BCUT2D eigenvalue weighted by Gasteiger charge is 2.23. The number of allylic oxidation sites excluding steroid dienone is 1. The highest BCUT2D eigenvalue weighted by molar-refractivity contribution is 7.21. The van der Waals surface area contributed by atoms with E-state index >= 15 is 0 Å². The molecule has 8 heteroatoms. The van der Waals surface area contributed by atoms with E-state index in [4.69, 9.17) is 20.2 Å². The van der Waals surface area contributed by atoms with Crippen molar-refractivity contribution < 1.29 is 19.1 Å². The van der Waals surface area contributed by atoms with Crippen LogP contribution in [-0.2, 0) is 0 Å². The minimum Gasteiger partial charge on any atom is -0.497 e. The van der Waals surface area contributed by atoms with Gasteiger partial charge >= 0.3 is 0 Å². The van der Waals surface area contributed by atoms with Crippen molar-refractivity contribution in [1.29, 1.82) is 0 Å². The first-order chi connectivity index (χ1) is 23.2. The summed E-state index contributed by atoms with van der Waals surface area (Å²) < 4.78 is 11.2. The number of thiophene rings is 1. The maximum atomic E-state index is 13.7. The molecule has 0 fully saturated rings. The third kappa shape index (κ3) is 6.70. The SMILES string of the molecule is COc1ccc(-c2cc(-c3ccccc3)nc3sc(C(=O)Nc4cccc(C(=O)/C=C/c5ccc(C(C)C)cc5)c4)c(N)c23)c(OC)c1. The maximum Gasteiger partial charge on any atom is 0.267 e. The van der Waals surface area contributed by atoms with E-state index in [2.05, 4.69) is 31.3 Å². The van der Waals surface area contributed by atoms with Crippen molar-refractivity contribution in [3.63, 3.8) is 0 Å². The van der Waals surface area contributed by atoms with Crippen LogP contribution in [0.15, 0.2) is 109 Å². The van der Waals surface area contributed by atoms with Crippen LogP contribution in [0, 0.1) is 0 Å². The smallest absolute Gasteiger partial charge is 0.267 e. The van der Waals surface area contributed by atoms with Gasteiger partial charge in [0.25, 0.3) is 5.91 Å². The molecule has 0 unspecified atom stereocenters. The van der Waals surface area contributed by atoms with Crippen LogP contribution in [0.5, 0.6) is 11.5 Å². The van der Waals surface area contributed by atoms with E-state index in [-0.39, 0.29) is 5.78 Å². The van der Waals surface area contributed by atoms with Crippen LogP contribution >= 0.6 is 11.3 Å². The first kappa shape index (κ1) is 32.2. The number of nitrogens with zero attached hydrogens (tertiary/aromatic N) is 1. The number of carbonyl (C=O) groups is 2. The summed E-state index contributed by atoms with van der Waals surface area (Å²) in [7, 11) is 3.20. The highest BCUT2D eigenvalue weighted by atomic mass is 32.1. The molecule has 6 rings (SSSR count). The predicted molar refractivity (Wildman–Crippen MR) is 196 cm³/mol. The minimum atomic E-state index is -0.394. The normalized spacial score (nSPS) is 11.3.